The van der Waals surface area contributed by atoms with E-state index in [1.54, 1.807) is 0 Å². The minimum Gasteiger partial charge on any atom is -0.497 e. The molecule has 3 aromatic rings. The van der Waals surface area contributed by atoms with Crippen LogP contribution in [0.1, 0.15) is 11.1 Å². The summed E-state index contributed by atoms with van der Waals surface area (Å²) in [6.07, 6.45) is 0. The second-order valence-electron chi connectivity index (χ2n) is 9.25. The first kappa shape index (κ1) is 36.0. The van der Waals surface area contributed by atoms with Crippen molar-refractivity contribution in [2.75, 3.05) is 41.5 Å². The number of sulfonamides is 2. The van der Waals surface area contributed by atoms with Crippen LogP contribution in [0.3, 0.4) is 0 Å². The summed E-state index contributed by atoms with van der Waals surface area (Å²) < 4.78 is 103. The lowest BCUT2D eigenvalue weighted by Crippen LogP contribution is -2.37. The minimum atomic E-state index is -4.63. The molecule has 0 bridgehead atoms. The quantitative estimate of drug-likeness (QED) is 0.217. The summed E-state index contributed by atoms with van der Waals surface area (Å²) in [4.78, 5) is 29.7. The van der Waals surface area contributed by atoms with Gasteiger partial charge in [-0.3, -0.25) is 9.88 Å². The van der Waals surface area contributed by atoms with Gasteiger partial charge in [0.25, 0.3) is 0 Å². The predicted molar refractivity (Wildman–Crippen MR) is 155 cm³/mol. The van der Waals surface area contributed by atoms with Gasteiger partial charge in [-0.15, -0.1) is 0 Å². The van der Waals surface area contributed by atoms with E-state index < -0.39 is 68.0 Å². The maximum Gasteiger partial charge on any atom is 0.363 e. The molecule has 3 aromatic carbocycles. The van der Waals surface area contributed by atoms with Crippen molar-refractivity contribution >= 4 is 32.0 Å². The van der Waals surface area contributed by atoms with E-state index in [0.29, 0.717) is 8.61 Å². The lowest BCUT2D eigenvalue weighted by atomic mass is 10.1. The molecule has 0 aliphatic carbocycles. The third-order valence-corrected chi connectivity index (χ3v) is 10.2. The number of rotatable bonds is 16. The smallest absolute Gasteiger partial charge is 0.363 e. The van der Waals surface area contributed by atoms with Gasteiger partial charge in [0.15, 0.2) is 0 Å². The van der Waals surface area contributed by atoms with Crippen LogP contribution in [0, 0.1) is 0 Å². The van der Waals surface area contributed by atoms with Crippen molar-refractivity contribution in [1.29, 1.82) is 0 Å². The number of methoxy groups -OCH3 is 4. The third kappa shape index (κ3) is 8.19. The van der Waals surface area contributed by atoms with E-state index in [1.165, 1.54) is 77.0 Å². The van der Waals surface area contributed by atoms with Crippen LogP contribution in [0.2, 0.25) is 0 Å². The molecule has 0 aliphatic rings. The number of carbonyl (C=O) groups is 2. The fraction of sp³-hybridized carbons (Fsp3) is 0.286. The molecule has 14 nitrogen and oxygen atoms in total. The third-order valence-electron chi connectivity index (χ3n) is 6.57. The Labute approximate surface area is 263 Å². The van der Waals surface area contributed by atoms with Crippen LogP contribution in [-0.2, 0) is 52.6 Å². The first-order valence-electron chi connectivity index (χ1n) is 13.0. The van der Waals surface area contributed by atoms with E-state index in [4.69, 9.17) is 18.9 Å². The molecule has 0 unspecified atom stereocenters. The van der Waals surface area contributed by atoms with Gasteiger partial charge in [-0.1, -0.05) is 24.3 Å². The maximum absolute atomic E-state index is 13.8. The molecule has 0 amide bonds. The largest absolute Gasteiger partial charge is 0.497 e. The number of benzene rings is 3. The molecule has 46 heavy (non-hydrogen) atoms. The van der Waals surface area contributed by atoms with Gasteiger partial charge < -0.3 is 18.9 Å². The zero-order valence-electron chi connectivity index (χ0n) is 25.0. The highest BCUT2D eigenvalue weighted by Crippen LogP contribution is 2.33. The number of hydrogen-bond acceptors (Lipinski definition) is 12. The molecule has 250 valence electrons. The van der Waals surface area contributed by atoms with E-state index in [2.05, 4.69) is 9.88 Å². The first-order chi connectivity index (χ1) is 21.9. The Kier molecular flexibility index (Phi) is 12.2. The highest BCUT2D eigenvalue weighted by molar-refractivity contribution is 7.89. The standard InChI is InChI=1S/C28H30F2N2O12S2/c1-39-21-9-11-25(23(13-21)41-3)45(35,36)31(17-27(33)43-29)15-19-7-5-6-8-20(19)16-32(18-28(34)44-30)46(37,38)26-12-10-22(40-2)14-24(26)42-4/h5-14H,15-18H2,1-4H3. The summed E-state index contributed by atoms with van der Waals surface area (Å²) in [5.74, 6) is -2.87. The molecule has 0 saturated carbocycles. The lowest BCUT2D eigenvalue weighted by Gasteiger charge is -2.25. The zero-order chi connectivity index (χ0) is 34.1. The summed E-state index contributed by atoms with van der Waals surface area (Å²) in [5, 5.41) is 0. The molecule has 0 radical (unpaired) electrons. The van der Waals surface area contributed by atoms with Crippen LogP contribution in [0.5, 0.6) is 23.0 Å². The molecule has 0 N–H and O–H groups in total. The highest BCUT2D eigenvalue weighted by atomic mass is 32.2. The molecule has 0 fully saturated rings. The summed E-state index contributed by atoms with van der Waals surface area (Å²) in [5.41, 5.74) is 0.251. The van der Waals surface area contributed by atoms with E-state index in [9.17, 15) is 35.5 Å². The number of nitrogens with zero attached hydrogens (tertiary/aromatic N) is 2. The van der Waals surface area contributed by atoms with Crippen LogP contribution in [0.15, 0.2) is 70.5 Å². The van der Waals surface area contributed by atoms with Crippen molar-refractivity contribution in [1.82, 2.24) is 8.61 Å². The fourth-order valence-corrected chi connectivity index (χ4v) is 7.29. The average Bonchev–Trinajstić information content (AvgIpc) is 3.07. The molecule has 0 heterocycles. The Balaban J connectivity index is 2.10. The molecule has 0 saturated heterocycles. The molecule has 0 spiro atoms. The van der Waals surface area contributed by atoms with Crippen molar-refractivity contribution in [3.63, 3.8) is 0 Å². The van der Waals surface area contributed by atoms with Crippen molar-refractivity contribution in [3.8, 4) is 23.0 Å². The molecule has 3 rings (SSSR count). The molecular weight excluding hydrogens is 658 g/mol. The summed E-state index contributed by atoms with van der Waals surface area (Å²) >= 11 is 0. The van der Waals surface area contributed by atoms with Crippen molar-refractivity contribution in [3.05, 3.63) is 71.8 Å². The van der Waals surface area contributed by atoms with Crippen molar-refractivity contribution < 1.29 is 64.3 Å². The van der Waals surface area contributed by atoms with Gasteiger partial charge in [0.1, 0.15) is 45.9 Å². The van der Waals surface area contributed by atoms with Gasteiger partial charge in [0.05, 0.1) is 28.4 Å². The monoisotopic (exact) mass is 688 g/mol. The Hall–Kier alpha value is -4.52. The van der Waals surface area contributed by atoms with Gasteiger partial charge in [-0.2, -0.15) is 8.61 Å². The SMILES string of the molecule is COc1ccc(S(=O)(=O)N(CC(=O)OF)Cc2ccccc2CN(CC(=O)OF)S(=O)(=O)c2ccc(OC)cc2OC)c(OC)c1. The Morgan fingerprint density at radius 2 is 0.978 bits per heavy atom. The van der Waals surface area contributed by atoms with Crippen LogP contribution >= 0.6 is 0 Å². The van der Waals surface area contributed by atoms with Gasteiger partial charge in [-0.05, 0) is 35.4 Å². The summed E-state index contributed by atoms with van der Waals surface area (Å²) in [6.45, 7) is -3.42. The number of carbonyl (C=O) groups excluding carboxylic acids is 2. The highest BCUT2D eigenvalue weighted by Gasteiger charge is 2.34. The van der Waals surface area contributed by atoms with Crippen LogP contribution < -0.4 is 18.9 Å². The fourth-order valence-electron chi connectivity index (χ4n) is 4.29. The Morgan fingerprint density at radius 3 is 1.28 bits per heavy atom. The van der Waals surface area contributed by atoms with Crippen LogP contribution in [0.4, 0.5) is 9.05 Å². The van der Waals surface area contributed by atoms with Crippen LogP contribution in [0.25, 0.3) is 0 Å². The van der Waals surface area contributed by atoms with Crippen molar-refractivity contribution in [2.24, 2.45) is 0 Å². The van der Waals surface area contributed by atoms with Gasteiger partial charge in [0.2, 0.25) is 20.0 Å². The number of ether oxygens (including phenoxy) is 4. The lowest BCUT2D eigenvalue weighted by molar-refractivity contribution is -0.184. The number of hydrogen-bond donors (Lipinski definition) is 0. The Morgan fingerprint density at radius 1 is 0.609 bits per heavy atom. The topological polar surface area (TPSA) is 164 Å². The maximum atomic E-state index is 13.8. The van der Waals surface area contributed by atoms with E-state index in [0.717, 1.165) is 12.1 Å². The van der Waals surface area contributed by atoms with E-state index >= 15 is 0 Å². The first-order valence-corrected chi connectivity index (χ1v) is 15.9. The second kappa shape index (κ2) is 15.7. The van der Waals surface area contributed by atoms with E-state index in [-0.39, 0.29) is 34.1 Å². The predicted octanol–water partition coefficient (Wildman–Crippen LogP) is 2.96. The Bertz CT molecular complexity index is 1640. The molecular formula is C28H30F2N2O12S2. The average molecular weight is 689 g/mol. The van der Waals surface area contributed by atoms with Gasteiger partial charge in [0, 0.05) is 34.3 Å². The van der Waals surface area contributed by atoms with E-state index in [1.807, 2.05) is 0 Å². The molecule has 0 aliphatic heterocycles. The number of halogens is 2. The summed E-state index contributed by atoms with van der Waals surface area (Å²) in [7, 11) is -4.13. The summed E-state index contributed by atoms with van der Waals surface area (Å²) in [6, 6.07) is 13.4. The normalized spacial score (nSPS) is 11.7. The minimum absolute atomic E-state index is 0.126. The second-order valence-corrected chi connectivity index (χ2v) is 13.1. The zero-order valence-corrected chi connectivity index (χ0v) is 26.6. The molecule has 0 aromatic heterocycles. The van der Waals surface area contributed by atoms with Gasteiger partial charge >= 0.3 is 11.9 Å². The van der Waals surface area contributed by atoms with Crippen LogP contribution in [-0.4, -0.2) is 78.9 Å². The molecule has 18 heteroatoms. The van der Waals surface area contributed by atoms with Gasteiger partial charge in [-0.25, -0.2) is 26.4 Å². The molecule has 0 atom stereocenters. The van der Waals surface area contributed by atoms with Crippen molar-refractivity contribution in [2.45, 2.75) is 22.9 Å².